The summed E-state index contributed by atoms with van der Waals surface area (Å²) in [5, 5.41) is 6.24. The number of nitrogens with one attached hydrogen (secondary N) is 2. The van der Waals surface area contributed by atoms with Crippen LogP contribution in [0.4, 0.5) is 13.2 Å². The standard InChI is InChI=1S/C17H27F3N4O2/c1-3-4-9-25-10-5-7-23-16(21-2)24-12-14-6-8-22-15(11-14)26-13-17(18,19)20/h6,8,11H,3-5,7,9-10,12-13H2,1-2H3,(H2,21,23,24). The van der Waals surface area contributed by atoms with E-state index in [1.165, 1.54) is 12.3 Å². The van der Waals surface area contributed by atoms with Crippen LogP contribution in [0.25, 0.3) is 0 Å². The van der Waals surface area contributed by atoms with Crippen LogP contribution in [0.3, 0.4) is 0 Å². The molecule has 0 saturated heterocycles. The first kappa shape index (κ1) is 22.0. The minimum absolute atomic E-state index is 0.0613. The third-order valence-electron chi connectivity index (χ3n) is 3.27. The number of pyridine rings is 1. The van der Waals surface area contributed by atoms with E-state index in [1.54, 1.807) is 13.1 Å². The third-order valence-corrected chi connectivity index (χ3v) is 3.27. The topological polar surface area (TPSA) is 67.8 Å². The maximum absolute atomic E-state index is 12.2. The predicted molar refractivity (Wildman–Crippen MR) is 94.3 cm³/mol. The van der Waals surface area contributed by atoms with Crippen molar-refractivity contribution in [2.75, 3.05) is 33.4 Å². The molecule has 9 heteroatoms. The molecule has 0 aliphatic heterocycles. The minimum atomic E-state index is -4.39. The number of hydrogen-bond acceptors (Lipinski definition) is 4. The monoisotopic (exact) mass is 376 g/mol. The number of alkyl halides is 3. The van der Waals surface area contributed by atoms with E-state index in [2.05, 4.69) is 32.3 Å². The Hall–Kier alpha value is -2.03. The van der Waals surface area contributed by atoms with Gasteiger partial charge in [-0.2, -0.15) is 13.2 Å². The normalized spacial score (nSPS) is 12.1. The highest BCUT2D eigenvalue weighted by atomic mass is 19.4. The number of aliphatic imine (C=N–C) groups is 1. The van der Waals surface area contributed by atoms with Gasteiger partial charge in [-0.3, -0.25) is 4.99 Å². The second kappa shape index (κ2) is 12.3. The second-order valence-corrected chi connectivity index (χ2v) is 5.58. The molecule has 26 heavy (non-hydrogen) atoms. The summed E-state index contributed by atoms with van der Waals surface area (Å²) >= 11 is 0. The van der Waals surface area contributed by atoms with Crippen molar-refractivity contribution < 1.29 is 22.6 Å². The van der Waals surface area contributed by atoms with Crippen LogP contribution in [0.1, 0.15) is 31.7 Å². The highest BCUT2D eigenvalue weighted by Gasteiger charge is 2.28. The van der Waals surface area contributed by atoms with Gasteiger partial charge in [-0.1, -0.05) is 13.3 Å². The van der Waals surface area contributed by atoms with Gasteiger partial charge in [0.2, 0.25) is 5.88 Å². The molecule has 0 amide bonds. The van der Waals surface area contributed by atoms with Gasteiger partial charge < -0.3 is 20.1 Å². The number of ether oxygens (including phenoxy) is 2. The first-order valence-corrected chi connectivity index (χ1v) is 8.61. The molecule has 1 rings (SSSR count). The Bertz CT molecular complexity index is 539. The van der Waals surface area contributed by atoms with Crippen molar-refractivity contribution in [2.45, 2.75) is 38.9 Å². The Morgan fingerprint density at radius 3 is 2.69 bits per heavy atom. The molecule has 0 unspecified atom stereocenters. The lowest BCUT2D eigenvalue weighted by molar-refractivity contribution is -0.154. The largest absolute Gasteiger partial charge is 0.468 e. The van der Waals surface area contributed by atoms with Gasteiger partial charge in [-0.15, -0.1) is 0 Å². The van der Waals surface area contributed by atoms with Gasteiger partial charge in [0, 0.05) is 45.6 Å². The Morgan fingerprint density at radius 2 is 2.00 bits per heavy atom. The summed E-state index contributed by atoms with van der Waals surface area (Å²) in [5.74, 6) is 0.543. The minimum Gasteiger partial charge on any atom is -0.468 e. The second-order valence-electron chi connectivity index (χ2n) is 5.58. The molecule has 0 aromatic carbocycles. The molecule has 0 radical (unpaired) electrons. The lowest BCUT2D eigenvalue weighted by Gasteiger charge is -2.13. The summed E-state index contributed by atoms with van der Waals surface area (Å²) in [6.45, 7) is 3.33. The molecule has 2 N–H and O–H groups in total. The molecule has 0 aliphatic rings. The molecule has 1 heterocycles. The van der Waals surface area contributed by atoms with Gasteiger partial charge >= 0.3 is 6.18 Å². The molecule has 1 aromatic heterocycles. The lowest BCUT2D eigenvalue weighted by Crippen LogP contribution is -2.37. The molecule has 0 bridgehead atoms. The van der Waals surface area contributed by atoms with Gasteiger partial charge in [0.25, 0.3) is 0 Å². The van der Waals surface area contributed by atoms with E-state index >= 15 is 0 Å². The smallest absolute Gasteiger partial charge is 0.422 e. The van der Waals surface area contributed by atoms with Crippen LogP contribution in [0, 0.1) is 0 Å². The van der Waals surface area contributed by atoms with E-state index in [0.29, 0.717) is 25.7 Å². The quantitative estimate of drug-likeness (QED) is 0.353. The van der Waals surface area contributed by atoms with Gasteiger partial charge in [-0.05, 0) is 24.5 Å². The zero-order chi connectivity index (χ0) is 19.3. The fourth-order valence-electron chi connectivity index (χ4n) is 1.93. The van der Waals surface area contributed by atoms with Gasteiger partial charge in [0.1, 0.15) is 0 Å². The molecule has 0 atom stereocenters. The van der Waals surface area contributed by atoms with Crippen LogP contribution in [0.5, 0.6) is 5.88 Å². The van der Waals surface area contributed by atoms with Crippen LogP contribution in [0.2, 0.25) is 0 Å². The van der Waals surface area contributed by atoms with Gasteiger partial charge in [0.05, 0.1) is 0 Å². The van der Waals surface area contributed by atoms with E-state index in [9.17, 15) is 13.2 Å². The fourth-order valence-corrected chi connectivity index (χ4v) is 1.93. The van der Waals surface area contributed by atoms with Crippen LogP contribution in [-0.4, -0.2) is 50.5 Å². The maximum atomic E-state index is 12.2. The molecule has 0 spiro atoms. The van der Waals surface area contributed by atoms with Crippen molar-refractivity contribution in [1.82, 2.24) is 15.6 Å². The van der Waals surface area contributed by atoms with Crippen LogP contribution < -0.4 is 15.4 Å². The number of aromatic nitrogens is 1. The van der Waals surface area contributed by atoms with Crippen LogP contribution >= 0.6 is 0 Å². The number of halogens is 3. The first-order chi connectivity index (χ1) is 12.4. The average Bonchev–Trinajstić information content (AvgIpc) is 2.61. The lowest BCUT2D eigenvalue weighted by atomic mass is 10.2. The van der Waals surface area contributed by atoms with E-state index in [4.69, 9.17) is 4.74 Å². The molecule has 0 fully saturated rings. The number of guanidine groups is 1. The van der Waals surface area contributed by atoms with Gasteiger partial charge in [0.15, 0.2) is 12.6 Å². The zero-order valence-corrected chi connectivity index (χ0v) is 15.2. The summed E-state index contributed by atoms with van der Waals surface area (Å²) in [6, 6.07) is 3.16. The summed E-state index contributed by atoms with van der Waals surface area (Å²) in [6.07, 6.45) is 0.0633. The fraction of sp³-hybridized carbons (Fsp3) is 0.647. The molecular formula is C17H27F3N4O2. The molecule has 148 valence electrons. The maximum Gasteiger partial charge on any atom is 0.422 e. The van der Waals surface area contributed by atoms with Crippen molar-refractivity contribution >= 4 is 5.96 Å². The van der Waals surface area contributed by atoms with Crippen LogP contribution in [-0.2, 0) is 11.3 Å². The third kappa shape index (κ3) is 10.8. The van der Waals surface area contributed by atoms with Crippen molar-refractivity contribution in [1.29, 1.82) is 0 Å². The number of hydrogen-bond donors (Lipinski definition) is 2. The van der Waals surface area contributed by atoms with Crippen molar-refractivity contribution in [2.24, 2.45) is 4.99 Å². The summed E-state index contributed by atoms with van der Waals surface area (Å²) < 4.78 is 46.7. The molecule has 0 saturated carbocycles. The van der Waals surface area contributed by atoms with E-state index in [0.717, 1.165) is 31.4 Å². The number of nitrogens with zero attached hydrogens (tertiary/aromatic N) is 2. The van der Waals surface area contributed by atoms with Crippen LogP contribution in [0.15, 0.2) is 23.3 Å². The molecule has 1 aromatic rings. The Kier molecular flexibility index (Phi) is 10.5. The first-order valence-electron chi connectivity index (χ1n) is 8.61. The highest BCUT2D eigenvalue weighted by molar-refractivity contribution is 5.79. The van der Waals surface area contributed by atoms with E-state index < -0.39 is 12.8 Å². The van der Waals surface area contributed by atoms with Crippen molar-refractivity contribution in [3.05, 3.63) is 23.9 Å². The van der Waals surface area contributed by atoms with Gasteiger partial charge in [-0.25, -0.2) is 4.98 Å². The molecule has 0 aliphatic carbocycles. The SMILES string of the molecule is CCCCOCCCNC(=NC)NCc1ccnc(OCC(F)(F)F)c1. The highest BCUT2D eigenvalue weighted by Crippen LogP contribution is 2.17. The molecule has 6 nitrogen and oxygen atoms in total. The predicted octanol–water partition coefficient (Wildman–Crippen LogP) is 2.89. The van der Waals surface area contributed by atoms with E-state index in [1.807, 2.05) is 0 Å². The Morgan fingerprint density at radius 1 is 1.23 bits per heavy atom. The van der Waals surface area contributed by atoms with Crippen molar-refractivity contribution in [3.63, 3.8) is 0 Å². The number of unbranched alkanes of at least 4 members (excludes halogenated alkanes) is 1. The average molecular weight is 376 g/mol. The Balaban J connectivity index is 2.30. The summed E-state index contributed by atoms with van der Waals surface area (Å²) in [4.78, 5) is 7.87. The number of rotatable bonds is 11. The molecular weight excluding hydrogens is 349 g/mol. The Labute approximate surface area is 152 Å². The zero-order valence-electron chi connectivity index (χ0n) is 15.2. The van der Waals surface area contributed by atoms with E-state index in [-0.39, 0.29) is 5.88 Å². The van der Waals surface area contributed by atoms with Crippen molar-refractivity contribution in [3.8, 4) is 5.88 Å². The summed E-state index contributed by atoms with van der Waals surface area (Å²) in [7, 11) is 1.65. The summed E-state index contributed by atoms with van der Waals surface area (Å²) in [5.41, 5.74) is 0.739.